The summed E-state index contributed by atoms with van der Waals surface area (Å²) in [5.41, 5.74) is 12.6. The number of allylic oxidation sites excluding steroid dienone is 5. The smallest absolute Gasteiger partial charge is 0.0463 e. The van der Waals surface area contributed by atoms with Crippen LogP contribution in [0.25, 0.3) is 28.3 Å². The van der Waals surface area contributed by atoms with Gasteiger partial charge in [-0.05, 0) is 84.0 Å². The Labute approximate surface area is 251 Å². The fourth-order valence-electron chi connectivity index (χ4n) is 4.62. The normalized spacial score (nSPS) is 11.0. The molecular weight excluding hydrogens is 506 g/mol. The number of nitrogens with one attached hydrogen (secondary N) is 1. The average Bonchev–Trinajstić information content (AvgIpc) is 3.03. The largest absolute Gasteiger partial charge is 0.355 e. The Bertz CT molecular complexity index is 1670. The molecule has 0 aliphatic heterocycles. The van der Waals surface area contributed by atoms with E-state index in [-0.39, 0.29) is 0 Å². The van der Waals surface area contributed by atoms with Gasteiger partial charge in [-0.2, -0.15) is 0 Å². The van der Waals surface area contributed by atoms with Gasteiger partial charge in [-0.1, -0.05) is 146 Å². The highest BCUT2D eigenvalue weighted by atomic mass is 14.9. The van der Waals surface area contributed by atoms with Crippen LogP contribution in [-0.2, 0) is 0 Å². The second kappa shape index (κ2) is 15.0. The summed E-state index contributed by atoms with van der Waals surface area (Å²) in [6, 6.07) is 44.0. The van der Waals surface area contributed by atoms with E-state index in [1.807, 2.05) is 61.5 Å². The summed E-state index contributed by atoms with van der Waals surface area (Å²) in [7, 11) is 0. The van der Waals surface area contributed by atoms with Gasteiger partial charge in [0.1, 0.15) is 0 Å². The Hall–Kier alpha value is -5.14. The van der Waals surface area contributed by atoms with Gasteiger partial charge < -0.3 is 5.32 Å². The zero-order valence-corrected chi connectivity index (χ0v) is 24.8. The monoisotopic (exact) mass is 545 g/mol. The molecule has 0 unspecified atom stereocenters. The lowest BCUT2D eigenvalue weighted by molar-refractivity contribution is 1.44. The molecule has 0 saturated carbocycles. The molecule has 0 atom stereocenters. The van der Waals surface area contributed by atoms with Gasteiger partial charge >= 0.3 is 0 Å². The fourth-order valence-corrected chi connectivity index (χ4v) is 4.62. The molecular formula is C41H39N. The third-order valence-electron chi connectivity index (χ3n) is 7.09. The predicted octanol–water partition coefficient (Wildman–Crippen LogP) is 11.7. The van der Waals surface area contributed by atoms with Crippen molar-refractivity contribution in [3.05, 3.63) is 187 Å². The van der Waals surface area contributed by atoms with Crippen LogP contribution in [0.2, 0.25) is 0 Å². The summed E-state index contributed by atoms with van der Waals surface area (Å²) >= 11 is 0. The van der Waals surface area contributed by atoms with E-state index >= 15 is 0 Å². The molecule has 0 radical (unpaired) electrons. The van der Waals surface area contributed by atoms with Gasteiger partial charge in [0.2, 0.25) is 0 Å². The average molecular weight is 546 g/mol. The van der Waals surface area contributed by atoms with Crippen LogP contribution in [0.3, 0.4) is 0 Å². The van der Waals surface area contributed by atoms with Crippen LogP contribution in [0.1, 0.15) is 34.7 Å². The third kappa shape index (κ3) is 8.19. The van der Waals surface area contributed by atoms with Crippen LogP contribution in [0.5, 0.6) is 0 Å². The first-order valence-corrected chi connectivity index (χ1v) is 14.3. The molecule has 0 aliphatic rings. The Morgan fingerprint density at radius 1 is 0.690 bits per heavy atom. The molecule has 0 saturated heterocycles. The van der Waals surface area contributed by atoms with Crippen molar-refractivity contribution in [1.82, 2.24) is 0 Å². The second-order valence-corrected chi connectivity index (χ2v) is 10.1. The van der Waals surface area contributed by atoms with Crippen LogP contribution >= 0.6 is 0 Å². The molecule has 1 heteroatoms. The van der Waals surface area contributed by atoms with Crippen LogP contribution in [0.4, 0.5) is 11.4 Å². The van der Waals surface area contributed by atoms with Crippen molar-refractivity contribution in [2.45, 2.75) is 20.8 Å². The van der Waals surface area contributed by atoms with Gasteiger partial charge in [0.25, 0.3) is 0 Å². The molecule has 0 aromatic heterocycles. The summed E-state index contributed by atoms with van der Waals surface area (Å²) < 4.78 is 0. The number of rotatable bonds is 8. The molecule has 1 nitrogen and oxygen atoms in total. The van der Waals surface area contributed by atoms with Crippen molar-refractivity contribution in [3.8, 4) is 11.1 Å². The summed E-state index contributed by atoms with van der Waals surface area (Å²) in [5, 5.41) is 3.51. The maximum Gasteiger partial charge on any atom is 0.0463 e. The Balaban J connectivity index is 0.000000507. The zero-order chi connectivity index (χ0) is 29.7. The lowest BCUT2D eigenvalue weighted by Crippen LogP contribution is -1.94. The van der Waals surface area contributed by atoms with Gasteiger partial charge in [-0.15, -0.1) is 0 Å². The number of para-hydroxylation sites is 2. The summed E-state index contributed by atoms with van der Waals surface area (Å²) in [6.07, 6.45) is 8.23. The van der Waals surface area contributed by atoms with Crippen molar-refractivity contribution in [1.29, 1.82) is 0 Å². The SMILES string of the molecule is C=C/C(=C\C)c1ccc(-c2ccc(C)c(/C=C\C(=C)c3ccccc3Nc3ccccc3)c2)cc1.Cc1ccccc1. The van der Waals surface area contributed by atoms with Crippen LogP contribution in [0, 0.1) is 13.8 Å². The molecule has 5 aromatic carbocycles. The molecule has 0 heterocycles. The lowest BCUT2D eigenvalue weighted by Gasteiger charge is -2.12. The van der Waals surface area contributed by atoms with E-state index in [2.05, 4.69) is 129 Å². The van der Waals surface area contributed by atoms with Gasteiger partial charge in [-0.25, -0.2) is 0 Å². The first kappa shape index (κ1) is 29.8. The number of aryl methyl sites for hydroxylation is 2. The highest BCUT2D eigenvalue weighted by Crippen LogP contribution is 2.29. The van der Waals surface area contributed by atoms with E-state index in [1.165, 1.54) is 33.4 Å². The van der Waals surface area contributed by atoms with Crippen LogP contribution in [-0.4, -0.2) is 0 Å². The highest BCUT2D eigenvalue weighted by molar-refractivity contribution is 5.86. The van der Waals surface area contributed by atoms with Crippen molar-refractivity contribution in [3.63, 3.8) is 0 Å². The number of benzene rings is 5. The molecule has 5 aromatic rings. The van der Waals surface area contributed by atoms with Crippen molar-refractivity contribution in [2.75, 3.05) is 5.32 Å². The minimum atomic E-state index is 0.960. The van der Waals surface area contributed by atoms with E-state index in [9.17, 15) is 0 Å². The molecule has 0 aliphatic carbocycles. The number of hydrogen-bond acceptors (Lipinski definition) is 1. The Morgan fingerprint density at radius 3 is 1.93 bits per heavy atom. The molecule has 0 spiro atoms. The molecule has 5 rings (SSSR count). The van der Waals surface area contributed by atoms with Gasteiger partial charge in [0.15, 0.2) is 0 Å². The summed E-state index contributed by atoms with van der Waals surface area (Å²) in [5.74, 6) is 0. The molecule has 0 fully saturated rings. The van der Waals surface area contributed by atoms with Gasteiger partial charge in [0, 0.05) is 16.9 Å². The third-order valence-corrected chi connectivity index (χ3v) is 7.09. The molecule has 0 bridgehead atoms. The van der Waals surface area contributed by atoms with Crippen LogP contribution < -0.4 is 5.32 Å². The topological polar surface area (TPSA) is 12.0 Å². The maximum atomic E-state index is 4.35. The molecule has 1 N–H and O–H groups in total. The molecule has 42 heavy (non-hydrogen) atoms. The number of anilines is 2. The maximum absolute atomic E-state index is 4.35. The quantitative estimate of drug-likeness (QED) is 0.191. The lowest BCUT2D eigenvalue weighted by atomic mass is 9.96. The van der Waals surface area contributed by atoms with Crippen molar-refractivity contribution < 1.29 is 0 Å². The van der Waals surface area contributed by atoms with E-state index < -0.39 is 0 Å². The summed E-state index contributed by atoms with van der Waals surface area (Å²) in [4.78, 5) is 0. The van der Waals surface area contributed by atoms with Crippen molar-refractivity contribution in [2.24, 2.45) is 0 Å². The molecule has 0 amide bonds. The van der Waals surface area contributed by atoms with E-state index in [0.29, 0.717) is 0 Å². The van der Waals surface area contributed by atoms with Crippen molar-refractivity contribution >= 4 is 28.6 Å². The van der Waals surface area contributed by atoms with Gasteiger partial charge in [-0.3, -0.25) is 0 Å². The Kier molecular flexibility index (Phi) is 10.7. The molecule has 208 valence electrons. The van der Waals surface area contributed by atoms with Crippen LogP contribution in [0.15, 0.2) is 159 Å². The number of hydrogen-bond donors (Lipinski definition) is 1. The predicted molar refractivity (Wildman–Crippen MR) is 186 cm³/mol. The first-order valence-electron chi connectivity index (χ1n) is 14.3. The standard InChI is InChI=1S/C34H31N.C7H8/c1-5-27(6-2)28-20-22-29(23-21-28)31-19-16-25(3)30(24-31)18-17-26(4)33-14-10-11-15-34(33)35-32-12-8-7-9-13-32;1-7-5-3-2-4-6-7/h5-24,35H,1,4H2,2-3H3;2-6H,1H3/b18-17-,27-6+;. The fraction of sp³-hybridized carbons (Fsp3) is 0.0732. The minimum Gasteiger partial charge on any atom is -0.355 e. The summed E-state index contributed by atoms with van der Waals surface area (Å²) in [6.45, 7) is 14.5. The van der Waals surface area contributed by atoms with E-state index in [1.54, 1.807) is 0 Å². The Morgan fingerprint density at radius 2 is 1.31 bits per heavy atom. The zero-order valence-electron chi connectivity index (χ0n) is 24.8. The van der Waals surface area contributed by atoms with E-state index in [4.69, 9.17) is 0 Å². The second-order valence-electron chi connectivity index (χ2n) is 10.1. The van der Waals surface area contributed by atoms with Gasteiger partial charge in [0.05, 0.1) is 0 Å². The highest BCUT2D eigenvalue weighted by Gasteiger charge is 2.06. The minimum absolute atomic E-state index is 0.960. The first-order chi connectivity index (χ1) is 20.5. The van der Waals surface area contributed by atoms with E-state index in [0.717, 1.165) is 28.1 Å².